The van der Waals surface area contributed by atoms with Crippen molar-refractivity contribution in [3.63, 3.8) is 0 Å². The van der Waals surface area contributed by atoms with Crippen molar-refractivity contribution in [2.45, 2.75) is 44.2 Å². The fourth-order valence-corrected chi connectivity index (χ4v) is 2.86. The number of likely N-dealkylation sites (N-methyl/N-ethyl adjacent to an activating group) is 1. The number of aliphatic hydroxyl groups is 1. The summed E-state index contributed by atoms with van der Waals surface area (Å²) in [4.78, 5) is 0. The van der Waals surface area contributed by atoms with Gasteiger partial charge in [0.25, 0.3) is 0 Å². The van der Waals surface area contributed by atoms with E-state index >= 15 is 0 Å². The van der Waals surface area contributed by atoms with Crippen molar-refractivity contribution in [2.24, 2.45) is 0 Å². The molecular formula is C15H22FNO2. The Kier molecular flexibility index (Phi) is 4.77. The zero-order valence-electron chi connectivity index (χ0n) is 11.4. The Balaban J connectivity index is 2.03. The molecule has 1 aliphatic rings. The first-order valence-electron chi connectivity index (χ1n) is 6.96. The Morgan fingerprint density at radius 3 is 2.95 bits per heavy atom. The largest absolute Gasteiger partial charge is 0.487 e. The number of hydrogen-bond donors (Lipinski definition) is 2. The van der Waals surface area contributed by atoms with Crippen LogP contribution in [0.3, 0.4) is 0 Å². The van der Waals surface area contributed by atoms with Crippen molar-refractivity contribution < 1.29 is 14.2 Å². The lowest BCUT2D eigenvalue weighted by Crippen LogP contribution is -2.53. The standard InChI is InChI=1S/C15H22FNO2/c1-2-17-15(11-18)9-5-6-12(10-15)19-14-8-4-3-7-13(14)16/h3-4,7-8,12,17-18H,2,5-6,9-11H2,1H3. The predicted octanol–water partition coefficient (Wildman–Crippen LogP) is 2.49. The summed E-state index contributed by atoms with van der Waals surface area (Å²) in [6.07, 6.45) is 3.49. The number of ether oxygens (including phenoxy) is 1. The summed E-state index contributed by atoms with van der Waals surface area (Å²) in [7, 11) is 0. The van der Waals surface area contributed by atoms with E-state index in [4.69, 9.17) is 4.74 Å². The summed E-state index contributed by atoms with van der Waals surface area (Å²) in [5, 5.41) is 13.0. The van der Waals surface area contributed by atoms with Crippen LogP contribution >= 0.6 is 0 Å². The molecule has 2 unspecified atom stereocenters. The first-order chi connectivity index (χ1) is 9.19. The molecule has 106 valence electrons. The normalized spacial score (nSPS) is 27.2. The summed E-state index contributed by atoms with van der Waals surface area (Å²) in [6.45, 7) is 2.93. The number of halogens is 1. The quantitative estimate of drug-likeness (QED) is 0.861. The van der Waals surface area contributed by atoms with E-state index in [0.717, 1.165) is 25.8 Å². The van der Waals surface area contributed by atoms with Crippen LogP contribution in [0.2, 0.25) is 0 Å². The highest BCUT2D eigenvalue weighted by atomic mass is 19.1. The summed E-state index contributed by atoms with van der Waals surface area (Å²) in [5.74, 6) is -0.0242. The minimum absolute atomic E-state index is 0.0446. The smallest absolute Gasteiger partial charge is 0.165 e. The molecule has 0 heterocycles. The van der Waals surface area contributed by atoms with Gasteiger partial charge in [-0.3, -0.25) is 0 Å². The summed E-state index contributed by atoms with van der Waals surface area (Å²) >= 11 is 0. The maximum Gasteiger partial charge on any atom is 0.165 e. The highest BCUT2D eigenvalue weighted by Crippen LogP contribution is 2.31. The van der Waals surface area contributed by atoms with Crippen molar-refractivity contribution in [3.05, 3.63) is 30.1 Å². The van der Waals surface area contributed by atoms with E-state index in [1.165, 1.54) is 6.07 Å². The molecule has 1 saturated carbocycles. The third-order valence-electron chi connectivity index (χ3n) is 3.78. The molecule has 0 spiro atoms. The summed E-state index contributed by atoms with van der Waals surface area (Å²) in [5.41, 5.74) is -0.275. The maximum absolute atomic E-state index is 13.6. The van der Waals surface area contributed by atoms with Crippen LogP contribution in [-0.4, -0.2) is 29.9 Å². The second-order valence-corrected chi connectivity index (χ2v) is 5.24. The van der Waals surface area contributed by atoms with Gasteiger partial charge in [0.15, 0.2) is 11.6 Å². The molecule has 3 nitrogen and oxygen atoms in total. The molecule has 2 rings (SSSR count). The van der Waals surface area contributed by atoms with Crippen LogP contribution in [0.25, 0.3) is 0 Å². The van der Waals surface area contributed by atoms with Crippen molar-refractivity contribution in [3.8, 4) is 5.75 Å². The van der Waals surface area contributed by atoms with E-state index in [0.29, 0.717) is 12.2 Å². The van der Waals surface area contributed by atoms with Crippen LogP contribution in [-0.2, 0) is 0 Å². The molecule has 0 saturated heterocycles. The molecule has 1 aromatic carbocycles. The molecule has 0 amide bonds. The van der Waals surface area contributed by atoms with Gasteiger partial charge in [-0.25, -0.2) is 4.39 Å². The van der Waals surface area contributed by atoms with Crippen LogP contribution < -0.4 is 10.1 Å². The molecule has 0 radical (unpaired) electrons. The Morgan fingerprint density at radius 2 is 2.26 bits per heavy atom. The molecule has 1 aromatic rings. The SMILES string of the molecule is CCNC1(CO)CCCC(Oc2ccccc2F)C1. The second-order valence-electron chi connectivity index (χ2n) is 5.24. The molecule has 1 fully saturated rings. The Bertz CT molecular complexity index is 409. The number of aliphatic hydroxyl groups excluding tert-OH is 1. The lowest BCUT2D eigenvalue weighted by atomic mass is 9.80. The lowest BCUT2D eigenvalue weighted by Gasteiger charge is -2.40. The molecular weight excluding hydrogens is 245 g/mol. The fourth-order valence-electron chi connectivity index (χ4n) is 2.86. The number of rotatable bonds is 5. The lowest BCUT2D eigenvalue weighted by molar-refractivity contribution is 0.0501. The van der Waals surface area contributed by atoms with Crippen LogP contribution in [0, 0.1) is 5.82 Å². The first-order valence-corrected chi connectivity index (χ1v) is 6.96. The van der Waals surface area contributed by atoms with Gasteiger partial charge in [0.1, 0.15) is 6.10 Å². The highest BCUT2D eigenvalue weighted by molar-refractivity contribution is 5.24. The Morgan fingerprint density at radius 1 is 1.47 bits per heavy atom. The molecule has 0 bridgehead atoms. The highest BCUT2D eigenvalue weighted by Gasteiger charge is 2.36. The van der Waals surface area contributed by atoms with Gasteiger partial charge in [0.05, 0.1) is 6.61 Å². The van der Waals surface area contributed by atoms with E-state index in [2.05, 4.69) is 5.32 Å². The van der Waals surface area contributed by atoms with Crippen LogP contribution in [0.15, 0.2) is 24.3 Å². The Labute approximate surface area is 113 Å². The molecule has 2 atom stereocenters. The molecule has 19 heavy (non-hydrogen) atoms. The third kappa shape index (κ3) is 3.45. The van der Waals surface area contributed by atoms with Gasteiger partial charge >= 0.3 is 0 Å². The number of benzene rings is 1. The molecule has 1 aliphatic carbocycles. The van der Waals surface area contributed by atoms with Gasteiger partial charge in [-0.2, -0.15) is 0 Å². The molecule has 2 N–H and O–H groups in total. The zero-order chi connectivity index (χ0) is 13.7. The Hall–Kier alpha value is -1.13. The van der Waals surface area contributed by atoms with Crippen LogP contribution in [0.1, 0.15) is 32.6 Å². The average molecular weight is 267 g/mol. The van der Waals surface area contributed by atoms with Gasteiger partial charge in [-0.05, 0) is 37.9 Å². The number of para-hydroxylation sites is 1. The van der Waals surface area contributed by atoms with Gasteiger partial charge in [-0.15, -0.1) is 0 Å². The van der Waals surface area contributed by atoms with Gasteiger partial charge in [0.2, 0.25) is 0 Å². The van der Waals surface area contributed by atoms with Gasteiger partial charge in [0, 0.05) is 12.0 Å². The van der Waals surface area contributed by atoms with E-state index in [1.807, 2.05) is 6.92 Å². The van der Waals surface area contributed by atoms with Crippen LogP contribution in [0.5, 0.6) is 5.75 Å². The molecule has 0 aliphatic heterocycles. The first kappa shape index (κ1) is 14.3. The molecule has 4 heteroatoms. The summed E-state index contributed by atoms with van der Waals surface area (Å²) < 4.78 is 19.3. The number of nitrogens with one attached hydrogen (secondary N) is 1. The zero-order valence-corrected chi connectivity index (χ0v) is 11.4. The molecule has 0 aromatic heterocycles. The predicted molar refractivity (Wildman–Crippen MR) is 72.8 cm³/mol. The number of hydrogen-bond acceptors (Lipinski definition) is 3. The van der Waals surface area contributed by atoms with E-state index in [-0.39, 0.29) is 24.1 Å². The second kappa shape index (κ2) is 6.35. The van der Waals surface area contributed by atoms with E-state index in [9.17, 15) is 9.50 Å². The fraction of sp³-hybridized carbons (Fsp3) is 0.600. The minimum Gasteiger partial charge on any atom is -0.487 e. The van der Waals surface area contributed by atoms with Gasteiger partial charge in [-0.1, -0.05) is 19.1 Å². The average Bonchev–Trinajstić information content (AvgIpc) is 2.42. The van der Waals surface area contributed by atoms with Crippen molar-refractivity contribution in [1.29, 1.82) is 0 Å². The van der Waals surface area contributed by atoms with Crippen molar-refractivity contribution >= 4 is 0 Å². The minimum atomic E-state index is -0.328. The van der Waals surface area contributed by atoms with Gasteiger partial charge < -0.3 is 15.2 Å². The van der Waals surface area contributed by atoms with E-state index in [1.54, 1.807) is 18.2 Å². The van der Waals surface area contributed by atoms with E-state index < -0.39 is 0 Å². The topological polar surface area (TPSA) is 41.5 Å². The van der Waals surface area contributed by atoms with Crippen molar-refractivity contribution in [2.75, 3.05) is 13.2 Å². The monoisotopic (exact) mass is 267 g/mol. The van der Waals surface area contributed by atoms with Crippen molar-refractivity contribution in [1.82, 2.24) is 5.32 Å². The third-order valence-corrected chi connectivity index (χ3v) is 3.78. The maximum atomic E-state index is 13.6. The van der Waals surface area contributed by atoms with Crippen LogP contribution in [0.4, 0.5) is 4.39 Å². The summed E-state index contributed by atoms with van der Waals surface area (Å²) in [6, 6.07) is 6.48.